The van der Waals surface area contributed by atoms with Crippen LogP contribution in [0.1, 0.15) is 14.6 Å². The molecule has 2 N–H and O–H groups in total. The SMILES string of the molecule is Cc1ccc(C2=c3[nH]c(O)c(-c4ccc(C)s4)c3=NC2=O)s1. The fraction of sp³-hybridized carbons (Fsp3) is 0.125. The van der Waals surface area contributed by atoms with Gasteiger partial charge in [0.2, 0.25) is 0 Å². The molecule has 1 amide bonds. The molecule has 1 aliphatic heterocycles. The van der Waals surface area contributed by atoms with Gasteiger partial charge in [-0.25, -0.2) is 4.99 Å². The molecule has 4 nitrogen and oxygen atoms in total. The molecule has 1 aliphatic rings. The fourth-order valence-corrected chi connectivity index (χ4v) is 4.46. The average Bonchev–Trinajstić information content (AvgIpc) is 3.16. The molecule has 0 fully saturated rings. The predicted molar refractivity (Wildman–Crippen MR) is 87.9 cm³/mol. The first-order valence-electron chi connectivity index (χ1n) is 6.76. The Morgan fingerprint density at radius 3 is 2.27 bits per heavy atom. The molecular formula is C16H12N2O2S2. The van der Waals surface area contributed by atoms with Crippen LogP contribution in [0.3, 0.4) is 0 Å². The van der Waals surface area contributed by atoms with Crippen molar-refractivity contribution in [1.29, 1.82) is 0 Å². The number of rotatable bonds is 2. The minimum atomic E-state index is -0.252. The highest BCUT2D eigenvalue weighted by Gasteiger charge is 2.25. The standard InChI is InChI=1S/C16H12N2O2S2/c1-7-3-5-9(21-7)11-13-14(18-15(11)19)12(16(20)17-13)10-6-4-8(2)22-10/h3-6,17,20H,1-2H3. The highest BCUT2D eigenvalue weighted by atomic mass is 32.1. The molecule has 0 radical (unpaired) electrons. The summed E-state index contributed by atoms with van der Waals surface area (Å²) in [5.74, 6) is -0.188. The van der Waals surface area contributed by atoms with Crippen molar-refractivity contribution >= 4 is 34.2 Å². The molecule has 0 spiro atoms. The molecule has 110 valence electrons. The Kier molecular flexibility index (Phi) is 2.85. The molecule has 0 aliphatic carbocycles. The zero-order chi connectivity index (χ0) is 15.4. The molecule has 4 heterocycles. The van der Waals surface area contributed by atoms with E-state index in [4.69, 9.17) is 0 Å². The van der Waals surface area contributed by atoms with Crippen molar-refractivity contribution in [2.75, 3.05) is 0 Å². The normalized spacial score (nSPS) is 13.5. The smallest absolute Gasteiger partial charge is 0.281 e. The summed E-state index contributed by atoms with van der Waals surface area (Å²) in [5.41, 5.74) is 1.16. The number of aromatic nitrogens is 1. The van der Waals surface area contributed by atoms with Crippen molar-refractivity contribution in [2.45, 2.75) is 13.8 Å². The van der Waals surface area contributed by atoms with Crippen LogP contribution in [0.25, 0.3) is 16.0 Å². The molecule has 0 atom stereocenters. The van der Waals surface area contributed by atoms with E-state index in [-0.39, 0.29) is 11.8 Å². The van der Waals surface area contributed by atoms with Crippen LogP contribution in [0.15, 0.2) is 29.3 Å². The maximum absolute atomic E-state index is 12.3. The maximum atomic E-state index is 12.3. The van der Waals surface area contributed by atoms with E-state index in [1.54, 1.807) is 22.7 Å². The number of H-pyrrole nitrogens is 1. The molecule has 0 aromatic carbocycles. The number of carbonyl (C=O) groups is 1. The summed E-state index contributed by atoms with van der Waals surface area (Å²) >= 11 is 3.12. The average molecular weight is 328 g/mol. The Morgan fingerprint density at radius 2 is 1.68 bits per heavy atom. The highest BCUT2D eigenvalue weighted by Crippen LogP contribution is 2.31. The van der Waals surface area contributed by atoms with Gasteiger partial charge in [0, 0.05) is 19.5 Å². The summed E-state index contributed by atoms with van der Waals surface area (Å²) in [6.07, 6.45) is 0. The fourth-order valence-electron chi connectivity index (χ4n) is 2.63. The largest absolute Gasteiger partial charge is 0.494 e. The predicted octanol–water partition coefficient (Wildman–Crippen LogP) is 2.49. The van der Waals surface area contributed by atoms with Gasteiger partial charge in [0.25, 0.3) is 5.91 Å². The highest BCUT2D eigenvalue weighted by molar-refractivity contribution is 7.15. The minimum absolute atomic E-state index is 0.0638. The van der Waals surface area contributed by atoms with Gasteiger partial charge in [-0.05, 0) is 38.1 Å². The van der Waals surface area contributed by atoms with Gasteiger partial charge in [0.1, 0.15) is 5.36 Å². The van der Waals surface area contributed by atoms with Crippen LogP contribution in [0.2, 0.25) is 0 Å². The monoisotopic (exact) mass is 328 g/mol. The number of thiophene rings is 2. The molecule has 22 heavy (non-hydrogen) atoms. The molecule has 0 saturated carbocycles. The molecule has 0 unspecified atom stereocenters. The Bertz CT molecular complexity index is 1040. The van der Waals surface area contributed by atoms with Gasteiger partial charge in [-0.15, -0.1) is 22.7 Å². The van der Waals surface area contributed by atoms with Gasteiger partial charge in [-0.1, -0.05) is 0 Å². The number of hydrogen-bond donors (Lipinski definition) is 2. The lowest BCUT2D eigenvalue weighted by atomic mass is 10.2. The summed E-state index contributed by atoms with van der Waals surface area (Å²) in [4.78, 5) is 23.5. The second kappa shape index (κ2) is 4.66. The molecule has 0 saturated heterocycles. The zero-order valence-electron chi connectivity index (χ0n) is 11.9. The van der Waals surface area contributed by atoms with Crippen LogP contribution >= 0.6 is 22.7 Å². The van der Waals surface area contributed by atoms with Crippen molar-refractivity contribution in [3.05, 3.63) is 49.6 Å². The van der Waals surface area contributed by atoms with Crippen LogP contribution < -0.4 is 10.7 Å². The van der Waals surface area contributed by atoms with Crippen LogP contribution in [0.4, 0.5) is 0 Å². The van der Waals surface area contributed by atoms with E-state index in [0.717, 1.165) is 19.5 Å². The number of carbonyl (C=O) groups excluding carboxylic acids is 1. The van der Waals surface area contributed by atoms with Gasteiger partial charge in [-0.2, -0.15) is 0 Å². The van der Waals surface area contributed by atoms with E-state index >= 15 is 0 Å². The van der Waals surface area contributed by atoms with Crippen LogP contribution in [-0.2, 0) is 4.79 Å². The summed E-state index contributed by atoms with van der Waals surface area (Å²) in [6, 6.07) is 7.83. The van der Waals surface area contributed by atoms with Crippen LogP contribution in [-0.4, -0.2) is 16.0 Å². The number of aromatic hydroxyl groups is 1. The Balaban J connectivity index is 2.04. The van der Waals surface area contributed by atoms with Crippen molar-refractivity contribution in [2.24, 2.45) is 4.99 Å². The van der Waals surface area contributed by atoms with Gasteiger partial charge >= 0.3 is 0 Å². The Hall–Kier alpha value is -2.18. The van der Waals surface area contributed by atoms with Gasteiger partial charge in [0.05, 0.1) is 16.5 Å². The summed E-state index contributed by atoms with van der Waals surface area (Å²) in [6.45, 7) is 4.00. The third-order valence-corrected chi connectivity index (χ3v) is 5.64. The summed E-state index contributed by atoms with van der Waals surface area (Å²) < 4.78 is 0. The van der Waals surface area contributed by atoms with Crippen LogP contribution in [0.5, 0.6) is 5.88 Å². The van der Waals surface area contributed by atoms with Crippen molar-refractivity contribution in [3.63, 3.8) is 0 Å². The second-order valence-electron chi connectivity index (χ2n) is 5.18. The molecule has 0 bridgehead atoms. The van der Waals surface area contributed by atoms with Crippen molar-refractivity contribution in [3.8, 4) is 16.3 Å². The van der Waals surface area contributed by atoms with E-state index in [1.807, 2.05) is 38.1 Å². The molecule has 3 aromatic heterocycles. The third kappa shape index (κ3) is 1.88. The summed E-state index contributed by atoms with van der Waals surface area (Å²) in [5, 5.41) is 11.4. The molecule has 6 heteroatoms. The van der Waals surface area contributed by atoms with E-state index in [2.05, 4.69) is 9.98 Å². The quantitative estimate of drug-likeness (QED) is 0.759. The van der Waals surface area contributed by atoms with Crippen LogP contribution in [0, 0.1) is 13.8 Å². The molecule has 4 rings (SSSR count). The lowest BCUT2D eigenvalue weighted by Gasteiger charge is -1.95. The topological polar surface area (TPSA) is 65.4 Å². The van der Waals surface area contributed by atoms with E-state index in [1.165, 1.54) is 0 Å². The second-order valence-corrected chi connectivity index (χ2v) is 7.76. The van der Waals surface area contributed by atoms with Crippen molar-refractivity contribution < 1.29 is 9.90 Å². The van der Waals surface area contributed by atoms with E-state index < -0.39 is 0 Å². The zero-order valence-corrected chi connectivity index (χ0v) is 13.6. The van der Waals surface area contributed by atoms with Crippen molar-refractivity contribution in [1.82, 2.24) is 4.98 Å². The summed E-state index contributed by atoms with van der Waals surface area (Å²) in [7, 11) is 0. The minimum Gasteiger partial charge on any atom is -0.494 e. The number of aromatic amines is 1. The third-order valence-electron chi connectivity index (χ3n) is 3.60. The number of amides is 1. The lowest BCUT2D eigenvalue weighted by molar-refractivity contribution is -0.112. The first kappa shape index (κ1) is 13.5. The number of fused-ring (bicyclic) bond motifs is 1. The number of nitrogens with zero attached hydrogens (tertiary/aromatic N) is 1. The van der Waals surface area contributed by atoms with Gasteiger partial charge in [-0.3, -0.25) is 4.79 Å². The van der Waals surface area contributed by atoms with E-state index in [0.29, 0.717) is 21.8 Å². The number of nitrogens with one attached hydrogen (secondary N) is 1. The lowest BCUT2D eigenvalue weighted by Crippen LogP contribution is -2.22. The maximum Gasteiger partial charge on any atom is 0.281 e. The number of hydrogen-bond acceptors (Lipinski definition) is 4. The number of aryl methyl sites for hydroxylation is 2. The first-order valence-corrected chi connectivity index (χ1v) is 8.40. The Morgan fingerprint density at radius 1 is 1.05 bits per heavy atom. The molecular weight excluding hydrogens is 316 g/mol. The molecule has 3 aromatic rings. The Labute approximate surface area is 134 Å². The van der Waals surface area contributed by atoms with Gasteiger partial charge in [0.15, 0.2) is 5.88 Å². The van der Waals surface area contributed by atoms with E-state index in [9.17, 15) is 9.90 Å². The van der Waals surface area contributed by atoms with Gasteiger partial charge < -0.3 is 10.1 Å². The first-order chi connectivity index (χ1) is 10.5.